The Kier molecular flexibility index (Phi) is 12.2. The minimum atomic E-state index is -3.72. The molecule has 0 radical (unpaired) electrons. The van der Waals surface area contributed by atoms with Crippen molar-refractivity contribution in [1.82, 2.24) is 19.0 Å². The molecule has 36 heavy (non-hydrogen) atoms. The Balaban J connectivity index is 0.00000228. The van der Waals surface area contributed by atoms with Gasteiger partial charge in [0.25, 0.3) is 0 Å². The van der Waals surface area contributed by atoms with E-state index >= 15 is 0 Å². The number of nitrogens with zero attached hydrogens (tertiary/aromatic N) is 4. The molecule has 1 atom stereocenters. The minimum absolute atomic E-state index is 0. The van der Waals surface area contributed by atoms with Gasteiger partial charge in [0.05, 0.1) is 11.6 Å². The minimum Gasteiger partial charge on any atom is -0.370 e. The van der Waals surface area contributed by atoms with Gasteiger partial charge in [-0.3, -0.25) is 9.69 Å². The second-order valence-corrected chi connectivity index (χ2v) is 12.0. The molecule has 0 bridgehead atoms. The Morgan fingerprint density at radius 2 is 1.69 bits per heavy atom. The van der Waals surface area contributed by atoms with E-state index in [2.05, 4.69) is 16.8 Å². The van der Waals surface area contributed by atoms with Crippen molar-refractivity contribution in [2.45, 2.75) is 49.6 Å². The van der Waals surface area contributed by atoms with Gasteiger partial charge >= 0.3 is 0 Å². The Hall–Kier alpha value is -0.650. The number of hydrogen-bond donors (Lipinski definition) is 0. The number of piperazine rings is 1. The highest BCUT2D eigenvalue weighted by molar-refractivity contribution is 7.89. The molecule has 3 aliphatic rings. The molecule has 8 nitrogen and oxygen atoms in total. The zero-order chi connectivity index (χ0) is 24.3. The fraction of sp³-hybridized carbons (Fsp3) is 0.708. The molecule has 0 N–H and O–H groups in total. The molecule has 12 heteroatoms. The molecule has 1 aromatic carbocycles. The summed E-state index contributed by atoms with van der Waals surface area (Å²) < 4.78 is 33.9. The van der Waals surface area contributed by atoms with E-state index in [0.29, 0.717) is 24.6 Å². The standard InChI is InChI=1S/C24H37ClN4O4S.2ClH/c1-19-5-3-7-22(25)24(19)34(31,32)29-10-4-6-21(29)17-33-18-23(30)28-15-13-27(14-16-28)20-8-11-26(2)12-9-20;;/h3,5,7,20-21H,4,6,8-18H2,1-2H3;2*1H/t21-;;/m1../s1. The Labute approximate surface area is 233 Å². The number of rotatable bonds is 7. The van der Waals surface area contributed by atoms with Gasteiger partial charge in [-0.15, -0.1) is 24.8 Å². The van der Waals surface area contributed by atoms with Crippen LogP contribution in [0.3, 0.4) is 0 Å². The highest BCUT2D eigenvalue weighted by Gasteiger charge is 2.37. The normalized spacial score (nSPS) is 22.8. The average Bonchev–Trinajstić information content (AvgIpc) is 3.29. The second kappa shape index (κ2) is 13.9. The molecule has 206 valence electrons. The van der Waals surface area contributed by atoms with Gasteiger partial charge in [0, 0.05) is 44.8 Å². The van der Waals surface area contributed by atoms with Crippen molar-refractivity contribution in [3.63, 3.8) is 0 Å². The van der Waals surface area contributed by atoms with Gasteiger partial charge in [0.1, 0.15) is 11.5 Å². The van der Waals surface area contributed by atoms with Gasteiger partial charge in [-0.05, 0) is 64.4 Å². The van der Waals surface area contributed by atoms with Crippen LogP contribution in [0.15, 0.2) is 23.1 Å². The number of sulfonamides is 1. The lowest BCUT2D eigenvalue weighted by Crippen LogP contribution is -2.54. The number of carbonyl (C=O) groups is 1. The first-order valence-corrected chi connectivity index (χ1v) is 14.1. The van der Waals surface area contributed by atoms with Crippen molar-refractivity contribution in [3.05, 3.63) is 28.8 Å². The fourth-order valence-corrected chi connectivity index (χ4v) is 7.89. The summed E-state index contributed by atoms with van der Waals surface area (Å²) in [4.78, 5) is 19.7. The van der Waals surface area contributed by atoms with Gasteiger partial charge in [-0.2, -0.15) is 4.31 Å². The van der Waals surface area contributed by atoms with Crippen molar-refractivity contribution >= 4 is 52.3 Å². The highest BCUT2D eigenvalue weighted by Crippen LogP contribution is 2.32. The van der Waals surface area contributed by atoms with Crippen LogP contribution in [0, 0.1) is 6.92 Å². The van der Waals surface area contributed by atoms with Crippen molar-refractivity contribution in [2.24, 2.45) is 0 Å². The number of amides is 1. The Bertz CT molecular complexity index is 948. The predicted octanol–water partition coefficient (Wildman–Crippen LogP) is 2.90. The quantitative estimate of drug-likeness (QED) is 0.490. The molecule has 4 rings (SSSR count). The predicted molar refractivity (Wildman–Crippen MR) is 147 cm³/mol. The molecule has 0 aromatic heterocycles. The van der Waals surface area contributed by atoms with E-state index in [-0.39, 0.29) is 59.9 Å². The summed E-state index contributed by atoms with van der Waals surface area (Å²) in [5, 5.41) is 0.237. The van der Waals surface area contributed by atoms with Crippen molar-refractivity contribution in [2.75, 3.05) is 66.1 Å². The van der Waals surface area contributed by atoms with Crippen LogP contribution >= 0.6 is 36.4 Å². The third kappa shape index (κ3) is 7.26. The van der Waals surface area contributed by atoms with Gasteiger partial charge < -0.3 is 14.5 Å². The number of halogens is 3. The van der Waals surface area contributed by atoms with E-state index in [1.54, 1.807) is 25.1 Å². The molecule has 0 spiro atoms. The number of hydrogen-bond acceptors (Lipinski definition) is 6. The van der Waals surface area contributed by atoms with Crippen LogP contribution in [0.2, 0.25) is 5.02 Å². The van der Waals surface area contributed by atoms with Crippen LogP contribution in [-0.2, 0) is 19.6 Å². The van der Waals surface area contributed by atoms with Crippen molar-refractivity contribution < 1.29 is 17.9 Å². The summed E-state index contributed by atoms with van der Waals surface area (Å²) >= 11 is 6.25. The molecule has 3 fully saturated rings. The number of carbonyl (C=O) groups excluding carboxylic acids is 1. The number of benzene rings is 1. The summed E-state index contributed by atoms with van der Waals surface area (Å²) in [6, 6.07) is 5.46. The number of aryl methyl sites for hydroxylation is 1. The van der Waals surface area contributed by atoms with Crippen LogP contribution in [0.1, 0.15) is 31.2 Å². The average molecular weight is 586 g/mol. The van der Waals surface area contributed by atoms with Gasteiger partial charge in [-0.1, -0.05) is 23.7 Å². The zero-order valence-electron chi connectivity index (χ0n) is 21.1. The molecule has 0 saturated carbocycles. The first kappa shape index (κ1) is 31.6. The maximum Gasteiger partial charge on any atom is 0.248 e. The summed E-state index contributed by atoms with van der Waals surface area (Å²) in [5.41, 5.74) is 0.633. The topological polar surface area (TPSA) is 73.4 Å². The fourth-order valence-electron chi connectivity index (χ4n) is 5.42. The molecule has 0 aliphatic carbocycles. The van der Waals surface area contributed by atoms with Crippen molar-refractivity contribution in [3.8, 4) is 0 Å². The molecule has 1 aromatic rings. The highest BCUT2D eigenvalue weighted by atomic mass is 35.5. The van der Waals surface area contributed by atoms with Gasteiger partial charge in [-0.25, -0.2) is 8.42 Å². The van der Waals surface area contributed by atoms with Gasteiger partial charge in [0.2, 0.25) is 15.9 Å². The molecule has 3 aliphatic heterocycles. The van der Waals surface area contributed by atoms with E-state index < -0.39 is 10.0 Å². The zero-order valence-corrected chi connectivity index (χ0v) is 24.3. The van der Waals surface area contributed by atoms with Crippen LogP contribution in [0.4, 0.5) is 0 Å². The third-order valence-electron chi connectivity index (χ3n) is 7.46. The Morgan fingerprint density at radius 3 is 2.33 bits per heavy atom. The largest absolute Gasteiger partial charge is 0.370 e. The van der Waals surface area contributed by atoms with E-state index in [1.807, 2.05) is 4.90 Å². The third-order valence-corrected chi connectivity index (χ3v) is 10.0. The van der Waals surface area contributed by atoms with E-state index in [1.165, 1.54) is 17.1 Å². The SMILES string of the molecule is Cc1cccc(Cl)c1S(=O)(=O)N1CCC[C@@H]1COCC(=O)N1CCN(C2CCN(C)CC2)CC1.Cl.Cl. The molecular weight excluding hydrogens is 547 g/mol. The molecule has 3 saturated heterocycles. The Morgan fingerprint density at radius 1 is 1.03 bits per heavy atom. The second-order valence-electron chi connectivity index (χ2n) is 9.76. The number of likely N-dealkylation sites (tertiary alicyclic amines) is 1. The van der Waals surface area contributed by atoms with Crippen LogP contribution < -0.4 is 0 Å². The monoisotopic (exact) mass is 584 g/mol. The number of ether oxygens (including phenoxy) is 1. The van der Waals surface area contributed by atoms with E-state index in [9.17, 15) is 13.2 Å². The number of piperidine rings is 1. The van der Waals surface area contributed by atoms with E-state index in [0.717, 1.165) is 45.7 Å². The molecule has 0 unspecified atom stereocenters. The van der Waals surface area contributed by atoms with Crippen LogP contribution in [-0.4, -0.2) is 111 Å². The molecule has 1 amide bonds. The summed E-state index contributed by atoms with van der Waals surface area (Å²) in [5.74, 6) is -0.0163. The smallest absolute Gasteiger partial charge is 0.248 e. The first-order chi connectivity index (χ1) is 16.3. The molecule has 3 heterocycles. The first-order valence-electron chi connectivity index (χ1n) is 12.3. The maximum atomic E-state index is 13.3. The van der Waals surface area contributed by atoms with Gasteiger partial charge in [0.15, 0.2) is 0 Å². The lowest BCUT2D eigenvalue weighted by Gasteiger charge is -2.42. The van der Waals surface area contributed by atoms with Crippen molar-refractivity contribution in [1.29, 1.82) is 0 Å². The lowest BCUT2D eigenvalue weighted by molar-refractivity contribution is -0.138. The molecular formula is C24H39Cl3N4O4S. The van der Waals surface area contributed by atoms with Crippen LogP contribution in [0.5, 0.6) is 0 Å². The van der Waals surface area contributed by atoms with E-state index in [4.69, 9.17) is 16.3 Å². The summed E-state index contributed by atoms with van der Waals surface area (Å²) in [6.07, 6.45) is 3.87. The summed E-state index contributed by atoms with van der Waals surface area (Å²) in [7, 11) is -1.55. The maximum absolute atomic E-state index is 13.3. The summed E-state index contributed by atoms with van der Waals surface area (Å²) in [6.45, 7) is 7.95. The van der Waals surface area contributed by atoms with Crippen LogP contribution in [0.25, 0.3) is 0 Å². The lowest BCUT2D eigenvalue weighted by atomic mass is 10.0.